The number of anilines is 1. The lowest BCUT2D eigenvalue weighted by atomic mass is 10.2. The summed E-state index contributed by atoms with van der Waals surface area (Å²) in [6, 6.07) is 17.1. The normalized spacial score (nSPS) is 10.3. The van der Waals surface area contributed by atoms with Crippen molar-refractivity contribution in [3.8, 4) is 11.8 Å². The van der Waals surface area contributed by atoms with Crippen LogP contribution in [0.4, 0.5) is 10.1 Å². The number of para-hydroxylation sites is 2. The van der Waals surface area contributed by atoms with E-state index >= 15 is 0 Å². The van der Waals surface area contributed by atoms with Crippen LogP contribution in [0.15, 0.2) is 67.0 Å². The third-order valence-electron chi connectivity index (χ3n) is 4.25. The van der Waals surface area contributed by atoms with Gasteiger partial charge in [-0.1, -0.05) is 30.3 Å². The smallest absolute Gasteiger partial charge is 0.310 e. The lowest BCUT2D eigenvalue weighted by Crippen LogP contribution is -2.36. The van der Waals surface area contributed by atoms with Crippen LogP contribution >= 0.6 is 0 Å². The van der Waals surface area contributed by atoms with Crippen LogP contribution < -0.4 is 4.90 Å². The minimum atomic E-state index is -0.608. The lowest BCUT2D eigenvalue weighted by Gasteiger charge is -2.22. The lowest BCUT2D eigenvalue weighted by molar-refractivity contribution is -0.147. The Morgan fingerprint density at radius 1 is 1.13 bits per heavy atom. The van der Waals surface area contributed by atoms with Gasteiger partial charge in [-0.25, -0.2) is 9.07 Å². The number of rotatable bonds is 8. The zero-order valence-corrected chi connectivity index (χ0v) is 16.1. The average Bonchev–Trinajstić information content (AvgIpc) is 3.22. The molecule has 1 heterocycles. The number of nitrogens with zero attached hydrogens (tertiary/aromatic N) is 4. The fourth-order valence-electron chi connectivity index (χ4n) is 2.82. The van der Waals surface area contributed by atoms with Crippen molar-refractivity contribution in [3.05, 3.63) is 78.4 Å². The number of aromatic nitrogens is 2. The molecular weight excluding hydrogens is 387 g/mol. The fraction of sp³-hybridized carbons (Fsp3) is 0.182. The number of hydrogen-bond donors (Lipinski definition) is 0. The number of hydrogen-bond acceptors (Lipinski definition) is 5. The average molecular weight is 406 g/mol. The molecule has 0 aliphatic carbocycles. The number of nitriles is 1. The first-order chi connectivity index (χ1) is 14.6. The van der Waals surface area contributed by atoms with E-state index in [0.29, 0.717) is 5.56 Å². The molecule has 0 aliphatic heterocycles. The van der Waals surface area contributed by atoms with Gasteiger partial charge in [0.1, 0.15) is 5.82 Å². The van der Waals surface area contributed by atoms with Crippen molar-refractivity contribution in [1.82, 2.24) is 9.78 Å². The van der Waals surface area contributed by atoms with Gasteiger partial charge in [0.2, 0.25) is 0 Å². The number of carbonyl (C=O) groups excluding carboxylic acids is 2. The summed E-state index contributed by atoms with van der Waals surface area (Å²) in [7, 11) is 0. The number of esters is 1. The van der Waals surface area contributed by atoms with E-state index in [4.69, 9.17) is 10.00 Å². The quantitative estimate of drug-likeness (QED) is 0.537. The molecule has 3 aromatic rings. The van der Waals surface area contributed by atoms with Crippen LogP contribution in [0.3, 0.4) is 0 Å². The van der Waals surface area contributed by atoms with Crippen LogP contribution in [0.1, 0.15) is 12.0 Å². The highest BCUT2D eigenvalue weighted by atomic mass is 19.1. The molecule has 0 spiro atoms. The van der Waals surface area contributed by atoms with Crippen LogP contribution in [0, 0.1) is 17.1 Å². The SMILES string of the molecule is N#CCCN(C(=O)COC(=O)Cc1cnn(-c2ccccc2)c1)c1ccccc1F. The molecule has 8 heteroatoms. The minimum absolute atomic E-state index is 0.00232. The van der Waals surface area contributed by atoms with Gasteiger partial charge >= 0.3 is 5.97 Å². The third-order valence-corrected chi connectivity index (χ3v) is 4.25. The first-order valence-corrected chi connectivity index (χ1v) is 9.25. The minimum Gasteiger partial charge on any atom is -0.455 e. The zero-order chi connectivity index (χ0) is 21.3. The van der Waals surface area contributed by atoms with Crippen molar-refractivity contribution in [1.29, 1.82) is 5.26 Å². The van der Waals surface area contributed by atoms with Crippen LogP contribution in [0.25, 0.3) is 5.69 Å². The highest BCUT2D eigenvalue weighted by Gasteiger charge is 2.20. The topological polar surface area (TPSA) is 88.2 Å². The van der Waals surface area contributed by atoms with Crippen molar-refractivity contribution >= 4 is 17.6 Å². The van der Waals surface area contributed by atoms with Gasteiger partial charge in [0.25, 0.3) is 5.91 Å². The van der Waals surface area contributed by atoms with E-state index in [2.05, 4.69) is 5.10 Å². The van der Waals surface area contributed by atoms with Gasteiger partial charge < -0.3 is 9.64 Å². The number of ether oxygens (including phenoxy) is 1. The molecule has 1 amide bonds. The Morgan fingerprint density at radius 3 is 2.60 bits per heavy atom. The number of benzene rings is 2. The molecule has 0 aliphatic rings. The molecule has 0 unspecified atom stereocenters. The molecule has 0 radical (unpaired) electrons. The Balaban J connectivity index is 1.59. The Labute approximate surface area is 172 Å². The van der Waals surface area contributed by atoms with Crippen molar-refractivity contribution in [2.75, 3.05) is 18.1 Å². The van der Waals surface area contributed by atoms with Crippen LogP contribution in [-0.4, -0.2) is 34.8 Å². The summed E-state index contributed by atoms with van der Waals surface area (Å²) in [5, 5.41) is 13.0. The maximum absolute atomic E-state index is 14.1. The predicted octanol–water partition coefficient (Wildman–Crippen LogP) is 3.04. The van der Waals surface area contributed by atoms with Gasteiger partial charge in [-0.05, 0) is 24.3 Å². The van der Waals surface area contributed by atoms with E-state index in [9.17, 15) is 14.0 Å². The van der Waals surface area contributed by atoms with Crippen LogP contribution in [0.2, 0.25) is 0 Å². The zero-order valence-electron chi connectivity index (χ0n) is 16.1. The summed E-state index contributed by atoms with van der Waals surface area (Å²) in [4.78, 5) is 25.8. The Kier molecular flexibility index (Phi) is 6.90. The molecule has 2 aromatic carbocycles. The van der Waals surface area contributed by atoms with Gasteiger partial charge in [0.15, 0.2) is 6.61 Å². The van der Waals surface area contributed by atoms with E-state index < -0.39 is 24.3 Å². The highest BCUT2D eigenvalue weighted by molar-refractivity contribution is 5.95. The van der Waals surface area contributed by atoms with Gasteiger partial charge in [-0.3, -0.25) is 9.59 Å². The Hall–Kier alpha value is -3.99. The molecule has 30 heavy (non-hydrogen) atoms. The summed E-state index contributed by atoms with van der Waals surface area (Å²) < 4.78 is 20.8. The second kappa shape index (κ2) is 9.98. The van der Waals surface area contributed by atoms with Crippen LogP contribution in [0.5, 0.6) is 0 Å². The van der Waals surface area contributed by atoms with E-state index in [1.807, 2.05) is 36.4 Å². The number of halogens is 1. The molecule has 0 N–H and O–H groups in total. The van der Waals surface area contributed by atoms with E-state index in [-0.39, 0.29) is 25.1 Å². The van der Waals surface area contributed by atoms with Crippen molar-refractivity contribution in [2.24, 2.45) is 0 Å². The monoisotopic (exact) mass is 406 g/mol. The molecule has 0 bridgehead atoms. The molecule has 0 saturated carbocycles. The molecule has 0 saturated heterocycles. The second-order valence-electron chi connectivity index (χ2n) is 6.37. The molecular formula is C22H19FN4O3. The maximum atomic E-state index is 14.1. The van der Waals surface area contributed by atoms with Gasteiger partial charge in [0.05, 0.1) is 36.5 Å². The van der Waals surface area contributed by atoms with Gasteiger partial charge in [-0.15, -0.1) is 0 Å². The Bertz CT molecular complexity index is 1060. The first kappa shape index (κ1) is 20.7. The first-order valence-electron chi connectivity index (χ1n) is 9.25. The van der Waals surface area contributed by atoms with Gasteiger partial charge in [0, 0.05) is 18.3 Å². The van der Waals surface area contributed by atoms with E-state index in [0.717, 1.165) is 10.6 Å². The second-order valence-corrected chi connectivity index (χ2v) is 6.37. The molecule has 1 aromatic heterocycles. The van der Waals surface area contributed by atoms with E-state index in [1.165, 1.54) is 18.2 Å². The summed E-state index contributed by atoms with van der Waals surface area (Å²) in [6.45, 7) is -0.552. The molecule has 152 valence electrons. The molecule has 0 fully saturated rings. The third kappa shape index (κ3) is 5.29. The van der Waals surface area contributed by atoms with Crippen LogP contribution in [-0.2, 0) is 20.7 Å². The van der Waals surface area contributed by atoms with Crippen molar-refractivity contribution < 1.29 is 18.7 Å². The molecule has 0 atom stereocenters. The summed E-state index contributed by atoms with van der Waals surface area (Å²) >= 11 is 0. The summed E-state index contributed by atoms with van der Waals surface area (Å²) in [5.41, 5.74) is 1.52. The number of amides is 1. The standard InChI is InChI=1S/C22H19FN4O3/c23-19-9-4-5-10-20(19)26(12-6-11-24)21(28)16-30-22(29)13-17-14-25-27(15-17)18-7-2-1-3-8-18/h1-5,7-10,14-15H,6,12-13,16H2. The van der Waals surface area contributed by atoms with E-state index in [1.54, 1.807) is 23.1 Å². The highest BCUT2D eigenvalue weighted by Crippen LogP contribution is 2.19. The Morgan fingerprint density at radius 2 is 1.87 bits per heavy atom. The van der Waals surface area contributed by atoms with Gasteiger partial charge in [-0.2, -0.15) is 10.4 Å². The summed E-state index contributed by atoms with van der Waals surface area (Å²) in [6.07, 6.45) is 3.22. The fourth-order valence-corrected chi connectivity index (χ4v) is 2.82. The maximum Gasteiger partial charge on any atom is 0.310 e. The molecule has 7 nitrogen and oxygen atoms in total. The van der Waals surface area contributed by atoms with Crippen molar-refractivity contribution in [3.63, 3.8) is 0 Å². The largest absolute Gasteiger partial charge is 0.455 e. The predicted molar refractivity (Wildman–Crippen MR) is 107 cm³/mol. The number of carbonyl (C=O) groups is 2. The van der Waals surface area contributed by atoms with Crippen molar-refractivity contribution in [2.45, 2.75) is 12.8 Å². The summed E-state index contributed by atoms with van der Waals surface area (Å²) in [5.74, 6) is -1.81. The molecule has 3 rings (SSSR count).